The monoisotopic (exact) mass is 182 g/mol. The molecule has 0 spiro atoms. The summed E-state index contributed by atoms with van der Waals surface area (Å²) in [5, 5.41) is 0. The van der Waals surface area contributed by atoms with E-state index in [0.717, 1.165) is 5.56 Å². The van der Waals surface area contributed by atoms with Crippen LogP contribution < -0.4 is 10.4 Å². The average Bonchev–Trinajstić information content (AvgIpc) is 2.01. The van der Waals surface area contributed by atoms with Crippen LogP contribution in [-0.4, -0.2) is 7.11 Å². The summed E-state index contributed by atoms with van der Waals surface area (Å²) in [5.41, 5.74) is 0.480. The summed E-state index contributed by atoms with van der Waals surface area (Å²) in [6.45, 7) is 6.09. The molecule has 0 aliphatic carbocycles. The molecule has 0 saturated heterocycles. The molecule has 3 nitrogen and oxygen atoms in total. The molecule has 0 saturated carbocycles. The molecule has 1 rings (SSSR count). The van der Waals surface area contributed by atoms with E-state index in [1.165, 1.54) is 13.2 Å². The Kier molecular flexibility index (Phi) is 2.45. The zero-order chi connectivity index (χ0) is 10.1. The SMILES string of the molecule is COc1cc(C(C)(C)C)cc(=O)o1. The smallest absolute Gasteiger partial charge is 0.338 e. The molecular weight excluding hydrogens is 168 g/mol. The molecule has 1 heterocycles. The van der Waals surface area contributed by atoms with Crippen LogP contribution in [0.2, 0.25) is 0 Å². The van der Waals surface area contributed by atoms with Crippen LogP contribution in [0.4, 0.5) is 0 Å². The quantitative estimate of drug-likeness (QED) is 0.666. The Labute approximate surface area is 77.3 Å². The minimum absolute atomic E-state index is 0.0663. The number of methoxy groups -OCH3 is 1. The number of rotatable bonds is 1. The van der Waals surface area contributed by atoms with Crippen LogP contribution in [0.25, 0.3) is 0 Å². The number of hydrogen-bond donors (Lipinski definition) is 0. The predicted octanol–water partition coefficient (Wildman–Crippen LogP) is 1.95. The molecule has 13 heavy (non-hydrogen) atoms. The lowest BCUT2D eigenvalue weighted by molar-refractivity contribution is 0.284. The van der Waals surface area contributed by atoms with Crippen molar-refractivity contribution in [2.24, 2.45) is 0 Å². The van der Waals surface area contributed by atoms with Crippen LogP contribution in [0, 0.1) is 0 Å². The Hall–Kier alpha value is -1.25. The zero-order valence-corrected chi connectivity index (χ0v) is 8.38. The van der Waals surface area contributed by atoms with E-state index < -0.39 is 0 Å². The van der Waals surface area contributed by atoms with E-state index in [9.17, 15) is 4.79 Å². The van der Waals surface area contributed by atoms with Crippen LogP contribution in [0.1, 0.15) is 26.3 Å². The Morgan fingerprint density at radius 1 is 1.31 bits per heavy atom. The van der Waals surface area contributed by atoms with Crippen molar-refractivity contribution in [2.75, 3.05) is 7.11 Å². The van der Waals surface area contributed by atoms with E-state index in [-0.39, 0.29) is 17.0 Å². The molecule has 0 aromatic carbocycles. The number of hydrogen-bond acceptors (Lipinski definition) is 3. The summed E-state index contributed by atoms with van der Waals surface area (Å²) in [4.78, 5) is 11.1. The maximum atomic E-state index is 11.1. The van der Waals surface area contributed by atoms with Crippen molar-refractivity contribution in [3.8, 4) is 5.95 Å². The summed E-state index contributed by atoms with van der Waals surface area (Å²) in [5.74, 6) is 0.262. The highest BCUT2D eigenvalue weighted by Crippen LogP contribution is 2.23. The van der Waals surface area contributed by atoms with Gasteiger partial charge in [-0.2, -0.15) is 0 Å². The van der Waals surface area contributed by atoms with Crippen molar-refractivity contribution in [3.05, 3.63) is 28.1 Å². The van der Waals surface area contributed by atoms with Crippen LogP contribution in [0.15, 0.2) is 21.3 Å². The molecule has 1 aromatic rings. The third-order valence-electron chi connectivity index (χ3n) is 1.82. The Morgan fingerprint density at radius 2 is 1.92 bits per heavy atom. The second kappa shape index (κ2) is 3.24. The summed E-state index contributed by atoms with van der Waals surface area (Å²) < 4.78 is 9.65. The average molecular weight is 182 g/mol. The first kappa shape index (κ1) is 9.84. The second-order valence-electron chi connectivity index (χ2n) is 3.94. The van der Waals surface area contributed by atoms with Gasteiger partial charge in [0, 0.05) is 12.1 Å². The molecule has 72 valence electrons. The maximum absolute atomic E-state index is 11.1. The standard InChI is InChI=1S/C10H14O3/c1-10(2,3)7-5-8(11)13-9(6-7)12-4/h5-6H,1-4H3. The van der Waals surface area contributed by atoms with Gasteiger partial charge in [0.05, 0.1) is 7.11 Å². The molecule has 0 amide bonds. The summed E-state index contributed by atoms with van der Waals surface area (Å²) >= 11 is 0. The predicted molar refractivity (Wildman–Crippen MR) is 50.2 cm³/mol. The molecule has 0 N–H and O–H groups in total. The van der Waals surface area contributed by atoms with Gasteiger partial charge in [0.25, 0.3) is 5.95 Å². The van der Waals surface area contributed by atoms with Crippen LogP contribution >= 0.6 is 0 Å². The van der Waals surface area contributed by atoms with E-state index in [0.29, 0.717) is 0 Å². The highest BCUT2D eigenvalue weighted by molar-refractivity contribution is 5.24. The third kappa shape index (κ3) is 2.34. The van der Waals surface area contributed by atoms with Gasteiger partial charge >= 0.3 is 5.63 Å². The largest absolute Gasteiger partial charge is 0.468 e. The topological polar surface area (TPSA) is 39.4 Å². The van der Waals surface area contributed by atoms with Crippen molar-refractivity contribution in [2.45, 2.75) is 26.2 Å². The molecule has 0 radical (unpaired) electrons. The molecule has 1 aromatic heterocycles. The summed E-state index contributed by atoms with van der Waals surface area (Å²) in [6, 6.07) is 3.23. The van der Waals surface area contributed by atoms with Gasteiger partial charge in [-0.05, 0) is 11.0 Å². The minimum Gasteiger partial charge on any atom is -0.468 e. The van der Waals surface area contributed by atoms with E-state index in [2.05, 4.69) is 0 Å². The van der Waals surface area contributed by atoms with Gasteiger partial charge < -0.3 is 9.15 Å². The van der Waals surface area contributed by atoms with E-state index in [1.54, 1.807) is 6.07 Å². The Balaban J connectivity index is 3.24. The highest BCUT2D eigenvalue weighted by Gasteiger charge is 2.16. The van der Waals surface area contributed by atoms with Gasteiger partial charge in [0.1, 0.15) is 0 Å². The van der Waals surface area contributed by atoms with Crippen LogP contribution in [0.5, 0.6) is 5.95 Å². The maximum Gasteiger partial charge on any atom is 0.338 e. The van der Waals surface area contributed by atoms with Crippen molar-refractivity contribution in [1.29, 1.82) is 0 Å². The molecule has 0 bridgehead atoms. The van der Waals surface area contributed by atoms with Gasteiger partial charge in [-0.25, -0.2) is 4.79 Å². The van der Waals surface area contributed by atoms with E-state index in [1.807, 2.05) is 20.8 Å². The molecule has 0 aliphatic heterocycles. The van der Waals surface area contributed by atoms with Crippen molar-refractivity contribution in [3.63, 3.8) is 0 Å². The van der Waals surface area contributed by atoms with E-state index >= 15 is 0 Å². The molecule has 0 fully saturated rings. The van der Waals surface area contributed by atoms with Crippen molar-refractivity contribution in [1.82, 2.24) is 0 Å². The second-order valence-corrected chi connectivity index (χ2v) is 3.94. The lowest BCUT2D eigenvalue weighted by Gasteiger charge is -2.18. The minimum atomic E-state index is -0.371. The molecule has 3 heteroatoms. The summed E-state index contributed by atoms with van der Waals surface area (Å²) in [6.07, 6.45) is 0. The number of ether oxygens (including phenoxy) is 1. The van der Waals surface area contributed by atoms with Gasteiger partial charge in [0.2, 0.25) is 0 Å². The van der Waals surface area contributed by atoms with Crippen molar-refractivity contribution < 1.29 is 9.15 Å². The van der Waals surface area contributed by atoms with E-state index in [4.69, 9.17) is 9.15 Å². The fourth-order valence-electron chi connectivity index (χ4n) is 0.987. The fourth-order valence-corrected chi connectivity index (χ4v) is 0.987. The van der Waals surface area contributed by atoms with Crippen LogP contribution in [0.3, 0.4) is 0 Å². The lowest BCUT2D eigenvalue weighted by atomic mass is 9.88. The Bertz CT molecular complexity index is 344. The first-order valence-electron chi connectivity index (χ1n) is 4.13. The summed E-state index contributed by atoms with van der Waals surface area (Å²) in [7, 11) is 1.48. The molecule has 0 atom stereocenters. The first-order chi connectivity index (χ1) is 5.93. The van der Waals surface area contributed by atoms with Crippen LogP contribution in [-0.2, 0) is 5.41 Å². The normalized spacial score (nSPS) is 11.4. The lowest BCUT2D eigenvalue weighted by Crippen LogP contribution is -2.14. The van der Waals surface area contributed by atoms with Gasteiger partial charge in [-0.3, -0.25) is 0 Å². The van der Waals surface area contributed by atoms with Gasteiger partial charge in [0.15, 0.2) is 0 Å². The fraction of sp³-hybridized carbons (Fsp3) is 0.500. The van der Waals surface area contributed by atoms with Gasteiger partial charge in [-0.15, -0.1) is 0 Å². The molecular formula is C10H14O3. The molecule has 0 aliphatic rings. The first-order valence-corrected chi connectivity index (χ1v) is 4.13. The third-order valence-corrected chi connectivity index (χ3v) is 1.82. The molecule has 0 unspecified atom stereocenters. The highest BCUT2D eigenvalue weighted by atomic mass is 16.6. The Morgan fingerprint density at radius 3 is 2.38 bits per heavy atom. The van der Waals surface area contributed by atoms with Crippen molar-refractivity contribution >= 4 is 0 Å². The van der Waals surface area contributed by atoms with Gasteiger partial charge in [-0.1, -0.05) is 20.8 Å². The zero-order valence-electron chi connectivity index (χ0n) is 8.38.